The lowest BCUT2D eigenvalue weighted by Gasteiger charge is -2.49. The van der Waals surface area contributed by atoms with Crippen LogP contribution >= 0.6 is 0 Å². The Morgan fingerprint density at radius 1 is 0.400 bits per heavy atom. The number of aliphatic hydroxyl groups excluding tert-OH is 16. The number of benzene rings is 1. The monoisotopic (exact) mass is 949 g/mol. The van der Waals surface area contributed by atoms with Gasteiger partial charge in [0.25, 0.3) is 5.69 Å². The van der Waals surface area contributed by atoms with Gasteiger partial charge in [0.05, 0.1) is 38.0 Å². The average Bonchev–Trinajstić information content (AvgIpc) is 3.30. The van der Waals surface area contributed by atoms with Crippen molar-refractivity contribution < 1.29 is 134 Å². The maximum absolute atomic E-state index is 11.2. The second-order valence-corrected chi connectivity index (χ2v) is 15.8. The zero-order chi connectivity index (χ0) is 47.6. The molecule has 5 heterocycles. The standard InChI is InChI=1S/C36H55NO28/c38-5-12-17(43)18(44)23(49)33(57-12)62-29-14(7-40)59-35(25(51)20(29)46)64-31-16(9-42)61-36(27(53)22(31)48)65-30-15(8-41)60-34(26(52)21(30)47)63-28-13(6-39)58-32(24(50)19(28)45)56-11-3-1-10(2-4-11)37(54)55/h1-4,12-36,38-53H,5-9H2/t12-,13-,14-,15-,16-,17-,18+,19-,20-,21-,22-,23+,24+,25+,26+,27+,28-,29-,30-,31-,32-,33+,34+,35+,36+/m1/s1. The molecule has 0 aromatic heterocycles. The van der Waals surface area contributed by atoms with Crippen LogP contribution in [0.25, 0.3) is 0 Å². The van der Waals surface area contributed by atoms with Gasteiger partial charge in [-0.05, 0) is 12.1 Å². The first-order chi connectivity index (χ1) is 30.9. The predicted octanol–water partition coefficient (Wildman–Crippen LogP) is -9.93. The minimum Gasteiger partial charge on any atom is -0.462 e. The molecule has 65 heavy (non-hydrogen) atoms. The zero-order valence-electron chi connectivity index (χ0n) is 33.8. The van der Waals surface area contributed by atoms with Gasteiger partial charge in [-0.25, -0.2) is 0 Å². The molecular weight excluding hydrogens is 894 g/mol. The Bertz CT molecular complexity index is 1640. The molecule has 5 saturated heterocycles. The summed E-state index contributed by atoms with van der Waals surface area (Å²) in [6.07, 6.45) is -46.2. The quantitative estimate of drug-likeness (QED) is 0.0540. The maximum atomic E-state index is 11.2. The molecule has 29 nitrogen and oxygen atoms in total. The molecule has 0 bridgehead atoms. The lowest BCUT2D eigenvalue weighted by Crippen LogP contribution is -2.68. The summed E-state index contributed by atoms with van der Waals surface area (Å²) in [5, 5.41) is 180. The molecule has 0 aliphatic carbocycles. The second-order valence-electron chi connectivity index (χ2n) is 15.8. The SMILES string of the molecule is O=[N+]([O-])c1ccc(O[C@@H]2O[C@H](CO)[C@@H](O[C@@H]3O[C@H](CO)[C@@H](O[C@@H]4O[C@H](CO)[C@@H](O[C@@H]5O[C@H](CO)[C@@H](O[C@@H]6O[C@H](CO)[C@@H](O)[C@H](O)[C@@H]6O)[C@H](O)[C@@H]5O)[C@H](O)[C@@H]4O)[C@H](O)[C@@H]3O)[C@H](O)[C@@H]2O)cc1. The fourth-order valence-electron chi connectivity index (χ4n) is 7.90. The van der Waals surface area contributed by atoms with Crippen LogP contribution in [-0.2, 0) is 42.6 Å². The molecule has 0 spiro atoms. The van der Waals surface area contributed by atoms with Gasteiger partial charge in [0, 0.05) is 12.1 Å². The van der Waals surface area contributed by atoms with Gasteiger partial charge >= 0.3 is 0 Å². The maximum Gasteiger partial charge on any atom is 0.269 e. The van der Waals surface area contributed by atoms with Crippen molar-refractivity contribution >= 4 is 5.69 Å². The molecule has 0 unspecified atom stereocenters. The molecule has 5 aliphatic rings. The van der Waals surface area contributed by atoms with Crippen LogP contribution in [0.1, 0.15) is 0 Å². The van der Waals surface area contributed by atoms with Crippen LogP contribution in [0.2, 0.25) is 0 Å². The van der Waals surface area contributed by atoms with Crippen molar-refractivity contribution in [3.8, 4) is 5.75 Å². The van der Waals surface area contributed by atoms with E-state index in [1.165, 1.54) is 12.1 Å². The topological polar surface area (TPSA) is 459 Å². The molecule has 0 saturated carbocycles. The van der Waals surface area contributed by atoms with E-state index in [4.69, 9.17) is 47.4 Å². The summed E-state index contributed by atoms with van der Waals surface area (Å²) in [5.74, 6) is -0.0196. The lowest BCUT2D eigenvalue weighted by atomic mass is 9.95. The molecule has 0 amide bonds. The lowest BCUT2D eigenvalue weighted by molar-refractivity contribution is -0.392. The number of nitro benzene ring substituents is 1. The van der Waals surface area contributed by atoms with Crippen molar-refractivity contribution in [2.45, 2.75) is 154 Å². The molecule has 372 valence electrons. The van der Waals surface area contributed by atoms with Crippen LogP contribution in [-0.4, -0.2) is 273 Å². The third kappa shape index (κ3) is 10.8. The molecule has 5 aliphatic heterocycles. The summed E-state index contributed by atoms with van der Waals surface area (Å²) in [6.45, 7) is -4.63. The van der Waals surface area contributed by atoms with E-state index in [2.05, 4.69) is 0 Å². The molecule has 1 aromatic rings. The number of nitrogens with zero attached hydrogens (tertiary/aromatic N) is 1. The van der Waals surface area contributed by atoms with Gasteiger partial charge in [-0.2, -0.15) is 0 Å². The zero-order valence-corrected chi connectivity index (χ0v) is 33.8. The summed E-state index contributed by atoms with van der Waals surface area (Å²) in [4.78, 5) is 10.3. The molecule has 16 N–H and O–H groups in total. The minimum atomic E-state index is -2.15. The number of hydrogen-bond donors (Lipinski definition) is 16. The fourth-order valence-corrected chi connectivity index (χ4v) is 7.90. The molecular formula is C36H55NO28. The molecule has 5 fully saturated rings. The van der Waals surface area contributed by atoms with Gasteiger partial charge in [-0.3, -0.25) is 10.1 Å². The van der Waals surface area contributed by atoms with Gasteiger partial charge in [-0.1, -0.05) is 0 Å². The molecule has 25 atom stereocenters. The summed E-state index contributed by atoms with van der Waals surface area (Å²) in [5.41, 5.74) is -0.267. The van der Waals surface area contributed by atoms with Crippen LogP contribution in [0.4, 0.5) is 5.69 Å². The third-order valence-corrected chi connectivity index (χ3v) is 11.6. The highest BCUT2D eigenvalue weighted by molar-refractivity contribution is 5.36. The number of ether oxygens (including phenoxy) is 10. The van der Waals surface area contributed by atoms with E-state index in [1.807, 2.05) is 0 Å². The number of non-ortho nitro benzene ring substituents is 1. The van der Waals surface area contributed by atoms with Gasteiger partial charge in [0.15, 0.2) is 25.2 Å². The molecule has 29 heteroatoms. The number of nitro groups is 1. The minimum absolute atomic E-state index is 0.0196. The Morgan fingerprint density at radius 3 is 0.985 bits per heavy atom. The van der Waals surface area contributed by atoms with Gasteiger partial charge in [0.2, 0.25) is 6.29 Å². The Labute approximate surface area is 366 Å². The first-order valence-electron chi connectivity index (χ1n) is 20.2. The summed E-state index contributed by atoms with van der Waals surface area (Å²) in [6, 6.07) is 4.59. The van der Waals surface area contributed by atoms with Crippen LogP contribution in [0, 0.1) is 10.1 Å². The van der Waals surface area contributed by atoms with E-state index in [0.717, 1.165) is 12.1 Å². The largest absolute Gasteiger partial charge is 0.462 e. The first-order valence-corrected chi connectivity index (χ1v) is 20.2. The highest BCUT2D eigenvalue weighted by Gasteiger charge is 2.56. The Balaban J connectivity index is 1.07. The average molecular weight is 950 g/mol. The third-order valence-electron chi connectivity index (χ3n) is 11.6. The highest BCUT2D eigenvalue weighted by Crippen LogP contribution is 2.36. The summed E-state index contributed by atoms with van der Waals surface area (Å²) >= 11 is 0. The summed E-state index contributed by atoms with van der Waals surface area (Å²) < 4.78 is 55.6. The van der Waals surface area contributed by atoms with E-state index in [1.54, 1.807) is 0 Å². The van der Waals surface area contributed by atoms with Crippen molar-refractivity contribution in [1.29, 1.82) is 0 Å². The number of aliphatic hydroxyl groups is 16. The van der Waals surface area contributed by atoms with Gasteiger partial charge in [-0.15, -0.1) is 0 Å². The second kappa shape index (κ2) is 22.2. The van der Waals surface area contributed by atoms with Crippen LogP contribution in [0.15, 0.2) is 24.3 Å². The summed E-state index contributed by atoms with van der Waals surface area (Å²) in [7, 11) is 0. The van der Waals surface area contributed by atoms with E-state index < -0.39 is 191 Å². The van der Waals surface area contributed by atoms with Crippen molar-refractivity contribution in [3.63, 3.8) is 0 Å². The smallest absolute Gasteiger partial charge is 0.269 e. The van der Waals surface area contributed by atoms with E-state index >= 15 is 0 Å². The fraction of sp³-hybridized carbons (Fsp3) is 0.833. The predicted molar refractivity (Wildman–Crippen MR) is 198 cm³/mol. The molecule has 0 radical (unpaired) electrons. The van der Waals surface area contributed by atoms with Crippen molar-refractivity contribution in [2.24, 2.45) is 0 Å². The Morgan fingerprint density at radius 2 is 0.677 bits per heavy atom. The molecule has 1 aromatic carbocycles. The highest BCUT2D eigenvalue weighted by atomic mass is 16.8. The molecule has 6 rings (SSSR count). The van der Waals surface area contributed by atoms with E-state index in [0.29, 0.717) is 0 Å². The number of rotatable bonds is 16. The van der Waals surface area contributed by atoms with Crippen molar-refractivity contribution in [3.05, 3.63) is 34.4 Å². The Kier molecular flexibility index (Phi) is 17.7. The Hall–Kier alpha value is -2.58. The van der Waals surface area contributed by atoms with Crippen molar-refractivity contribution in [1.82, 2.24) is 0 Å². The normalized spacial score (nSPS) is 47.3. The number of hydrogen-bond acceptors (Lipinski definition) is 28. The first kappa shape index (κ1) is 51.8. The van der Waals surface area contributed by atoms with Crippen molar-refractivity contribution in [2.75, 3.05) is 33.0 Å². The van der Waals surface area contributed by atoms with Gasteiger partial charge in [0.1, 0.15) is 128 Å². The van der Waals surface area contributed by atoms with Crippen LogP contribution in [0.3, 0.4) is 0 Å². The van der Waals surface area contributed by atoms with E-state index in [9.17, 15) is 91.8 Å². The van der Waals surface area contributed by atoms with Crippen LogP contribution in [0.5, 0.6) is 5.75 Å². The van der Waals surface area contributed by atoms with Crippen LogP contribution < -0.4 is 4.74 Å². The van der Waals surface area contributed by atoms with Gasteiger partial charge < -0.3 is 129 Å². The van der Waals surface area contributed by atoms with E-state index in [-0.39, 0.29) is 11.4 Å².